The van der Waals surface area contributed by atoms with Gasteiger partial charge in [-0.3, -0.25) is 4.79 Å². The van der Waals surface area contributed by atoms with E-state index >= 15 is 0 Å². The molecule has 1 fully saturated rings. The van der Waals surface area contributed by atoms with Crippen LogP contribution in [0.1, 0.15) is 37.7 Å². The molecule has 3 rings (SSSR count). The quantitative estimate of drug-likeness (QED) is 0.887. The van der Waals surface area contributed by atoms with Crippen LogP contribution in [0.15, 0.2) is 24.5 Å². The second kappa shape index (κ2) is 5.43. The van der Waals surface area contributed by atoms with Gasteiger partial charge in [-0.1, -0.05) is 25.3 Å². The zero-order valence-corrected chi connectivity index (χ0v) is 11.0. The molecule has 4 heteroatoms. The number of aromatic amines is 1. The van der Waals surface area contributed by atoms with Crippen LogP contribution >= 0.6 is 0 Å². The monoisotopic (exact) mass is 257 g/mol. The summed E-state index contributed by atoms with van der Waals surface area (Å²) in [4.78, 5) is 19.3. The average Bonchev–Trinajstić information content (AvgIpc) is 2.87. The molecule has 1 amide bonds. The Balaban J connectivity index is 1.61. The van der Waals surface area contributed by atoms with Gasteiger partial charge in [0.25, 0.3) is 0 Å². The summed E-state index contributed by atoms with van der Waals surface area (Å²) in [6.45, 7) is 0. The van der Waals surface area contributed by atoms with Gasteiger partial charge in [0.2, 0.25) is 5.91 Å². The molecule has 1 aromatic heterocycles. The Kier molecular flexibility index (Phi) is 3.49. The zero-order chi connectivity index (χ0) is 13.1. The van der Waals surface area contributed by atoms with Gasteiger partial charge in [-0.2, -0.15) is 0 Å². The second-order valence-electron chi connectivity index (χ2n) is 5.33. The van der Waals surface area contributed by atoms with Crippen LogP contribution in [-0.2, 0) is 11.2 Å². The van der Waals surface area contributed by atoms with E-state index in [4.69, 9.17) is 0 Å². The number of imidazole rings is 1. The van der Waals surface area contributed by atoms with Crippen LogP contribution < -0.4 is 5.32 Å². The van der Waals surface area contributed by atoms with E-state index in [1.165, 1.54) is 19.3 Å². The highest BCUT2D eigenvalue weighted by Gasteiger charge is 2.15. The first kappa shape index (κ1) is 12.2. The molecule has 2 aromatic rings. The first-order valence-corrected chi connectivity index (χ1v) is 7.02. The van der Waals surface area contributed by atoms with E-state index in [0.29, 0.717) is 12.5 Å². The van der Waals surface area contributed by atoms with Crippen molar-refractivity contribution in [1.29, 1.82) is 0 Å². The molecule has 0 spiro atoms. The maximum atomic E-state index is 12.0. The van der Waals surface area contributed by atoms with Crippen molar-refractivity contribution < 1.29 is 4.79 Å². The van der Waals surface area contributed by atoms with Crippen LogP contribution in [0.2, 0.25) is 0 Å². The van der Waals surface area contributed by atoms with Crippen LogP contribution in [-0.4, -0.2) is 21.9 Å². The molecule has 19 heavy (non-hydrogen) atoms. The van der Waals surface area contributed by atoms with Crippen molar-refractivity contribution in [3.8, 4) is 0 Å². The number of rotatable bonds is 3. The summed E-state index contributed by atoms with van der Waals surface area (Å²) in [5, 5.41) is 3.14. The van der Waals surface area contributed by atoms with Crippen molar-refractivity contribution in [3.05, 3.63) is 30.1 Å². The van der Waals surface area contributed by atoms with Gasteiger partial charge >= 0.3 is 0 Å². The largest absolute Gasteiger partial charge is 0.353 e. The molecule has 1 aromatic carbocycles. The highest BCUT2D eigenvalue weighted by molar-refractivity contribution is 5.81. The summed E-state index contributed by atoms with van der Waals surface area (Å²) >= 11 is 0. The van der Waals surface area contributed by atoms with Crippen LogP contribution in [0.25, 0.3) is 11.0 Å². The molecule has 1 heterocycles. The number of benzene rings is 1. The van der Waals surface area contributed by atoms with E-state index in [0.717, 1.165) is 29.4 Å². The Morgan fingerprint density at radius 1 is 1.32 bits per heavy atom. The molecule has 1 aliphatic carbocycles. The minimum atomic E-state index is 0.130. The number of carbonyl (C=O) groups excluding carboxylic acids is 1. The van der Waals surface area contributed by atoms with Crippen molar-refractivity contribution in [2.45, 2.75) is 44.6 Å². The Morgan fingerprint density at radius 2 is 2.16 bits per heavy atom. The highest BCUT2D eigenvalue weighted by atomic mass is 16.1. The van der Waals surface area contributed by atoms with Gasteiger partial charge in [-0.15, -0.1) is 0 Å². The second-order valence-corrected chi connectivity index (χ2v) is 5.33. The van der Waals surface area contributed by atoms with Crippen molar-refractivity contribution in [3.63, 3.8) is 0 Å². The smallest absolute Gasteiger partial charge is 0.224 e. The summed E-state index contributed by atoms with van der Waals surface area (Å²) in [6, 6.07) is 6.32. The molecule has 0 unspecified atom stereocenters. The number of H-pyrrole nitrogens is 1. The van der Waals surface area contributed by atoms with Crippen molar-refractivity contribution in [2.75, 3.05) is 0 Å². The third-order valence-electron chi connectivity index (χ3n) is 3.82. The van der Waals surface area contributed by atoms with Gasteiger partial charge in [0.05, 0.1) is 23.8 Å². The van der Waals surface area contributed by atoms with E-state index in [1.807, 2.05) is 18.2 Å². The molecule has 4 nitrogen and oxygen atoms in total. The minimum Gasteiger partial charge on any atom is -0.353 e. The first-order valence-electron chi connectivity index (χ1n) is 7.02. The summed E-state index contributed by atoms with van der Waals surface area (Å²) < 4.78 is 0. The molecule has 0 aliphatic heterocycles. The van der Waals surface area contributed by atoms with Crippen molar-refractivity contribution >= 4 is 16.9 Å². The molecule has 1 aliphatic rings. The number of amides is 1. The number of nitrogens with one attached hydrogen (secondary N) is 2. The van der Waals surface area contributed by atoms with Gasteiger partial charge in [-0.05, 0) is 30.5 Å². The predicted molar refractivity (Wildman–Crippen MR) is 74.8 cm³/mol. The first-order chi connectivity index (χ1) is 9.31. The SMILES string of the molecule is O=C(Cc1ccc2nc[nH]c2c1)NC1CCCCC1. The van der Waals surface area contributed by atoms with Crippen LogP contribution in [0.4, 0.5) is 0 Å². The molecular formula is C15H19N3O. The van der Waals surface area contributed by atoms with Crippen LogP contribution in [0.5, 0.6) is 0 Å². The number of carbonyl (C=O) groups is 1. The lowest BCUT2D eigenvalue weighted by atomic mass is 9.95. The fourth-order valence-corrected chi connectivity index (χ4v) is 2.80. The topological polar surface area (TPSA) is 57.8 Å². The van der Waals surface area contributed by atoms with Gasteiger partial charge in [0.15, 0.2) is 0 Å². The van der Waals surface area contributed by atoms with E-state index < -0.39 is 0 Å². The molecule has 0 atom stereocenters. The Bertz CT molecular complexity index is 570. The molecule has 0 saturated heterocycles. The Morgan fingerprint density at radius 3 is 3.00 bits per heavy atom. The fraction of sp³-hybridized carbons (Fsp3) is 0.467. The summed E-state index contributed by atoms with van der Waals surface area (Å²) in [5.41, 5.74) is 2.96. The Hall–Kier alpha value is -1.84. The number of hydrogen-bond acceptors (Lipinski definition) is 2. The van der Waals surface area contributed by atoms with Crippen molar-refractivity contribution in [2.24, 2.45) is 0 Å². The molecule has 100 valence electrons. The van der Waals surface area contributed by atoms with Crippen LogP contribution in [0, 0.1) is 0 Å². The molecule has 0 radical (unpaired) electrons. The maximum absolute atomic E-state index is 12.0. The van der Waals surface area contributed by atoms with E-state index in [9.17, 15) is 4.79 Å². The lowest BCUT2D eigenvalue weighted by Gasteiger charge is -2.22. The van der Waals surface area contributed by atoms with E-state index in [2.05, 4.69) is 15.3 Å². The highest BCUT2D eigenvalue weighted by Crippen LogP contribution is 2.18. The average molecular weight is 257 g/mol. The number of hydrogen-bond donors (Lipinski definition) is 2. The summed E-state index contributed by atoms with van der Waals surface area (Å²) in [5.74, 6) is 0.130. The van der Waals surface area contributed by atoms with Gasteiger partial charge in [0.1, 0.15) is 0 Å². The number of nitrogens with zero attached hydrogens (tertiary/aromatic N) is 1. The standard InChI is InChI=1S/C15H19N3O/c19-15(18-12-4-2-1-3-5-12)9-11-6-7-13-14(8-11)17-10-16-13/h6-8,10,12H,1-5,9H2,(H,16,17)(H,18,19). The molecular weight excluding hydrogens is 238 g/mol. The third-order valence-corrected chi connectivity index (χ3v) is 3.82. The third kappa shape index (κ3) is 2.95. The lowest BCUT2D eigenvalue weighted by Crippen LogP contribution is -2.37. The minimum absolute atomic E-state index is 0.130. The number of aromatic nitrogens is 2. The molecule has 0 bridgehead atoms. The van der Waals surface area contributed by atoms with E-state index in [-0.39, 0.29) is 5.91 Å². The fourth-order valence-electron chi connectivity index (χ4n) is 2.80. The maximum Gasteiger partial charge on any atom is 0.224 e. The van der Waals surface area contributed by atoms with Gasteiger partial charge in [0, 0.05) is 6.04 Å². The predicted octanol–water partition coefficient (Wildman–Crippen LogP) is 2.55. The number of fused-ring (bicyclic) bond motifs is 1. The normalized spacial score (nSPS) is 16.6. The summed E-state index contributed by atoms with van der Waals surface area (Å²) in [6.07, 6.45) is 8.18. The van der Waals surface area contributed by atoms with Gasteiger partial charge < -0.3 is 10.3 Å². The summed E-state index contributed by atoms with van der Waals surface area (Å²) in [7, 11) is 0. The zero-order valence-electron chi connectivity index (χ0n) is 11.0. The van der Waals surface area contributed by atoms with Crippen molar-refractivity contribution in [1.82, 2.24) is 15.3 Å². The lowest BCUT2D eigenvalue weighted by molar-refractivity contribution is -0.121. The van der Waals surface area contributed by atoms with Gasteiger partial charge in [-0.25, -0.2) is 4.98 Å². The Labute approximate surface area is 112 Å². The van der Waals surface area contributed by atoms with E-state index in [1.54, 1.807) is 6.33 Å². The van der Waals surface area contributed by atoms with Crippen LogP contribution in [0.3, 0.4) is 0 Å². The molecule has 1 saturated carbocycles. The molecule has 2 N–H and O–H groups in total.